The molecule has 0 bridgehead atoms. The van der Waals surface area contributed by atoms with Crippen LogP contribution in [-0.2, 0) is 38.8 Å². The van der Waals surface area contributed by atoms with Gasteiger partial charge in [0, 0.05) is 24.5 Å². The van der Waals surface area contributed by atoms with Crippen LogP contribution >= 0.6 is 23.2 Å². The molecule has 0 aliphatic heterocycles. The molecule has 13 heteroatoms. The Morgan fingerprint density at radius 1 is 0.930 bits per heavy atom. The molecule has 43 heavy (non-hydrogen) atoms. The zero-order valence-electron chi connectivity index (χ0n) is 23.7. The van der Waals surface area contributed by atoms with Gasteiger partial charge in [-0.3, -0.25) is 13.9 Å². The zero-order chi connectivity index (χ0) is 31.9. The van der Waals surface area contributed by atoms with Gasteiger partial charge in [-0.2, -0.15) is 13.2 Å². The van der Waals surface area contributed by atoms with Crippen molar-refractivity contribution in [2.45, 2.75) is 39.0 Å². The molecule has 0 aliphatic rings. The van der Waals surface area contributed by atoms with Gasteiger partial charge in [0.15, 0.2) is 0 Å². The van der Waals surface area contributed by atoms with E-state index in [1.165, 1.54) is 4.90 Å². The first-order valence-electron chi connectivity index (χ1n) is 13.3. The van der Waals surface area contributed by atoms with Crippen molar-refractivity contribution in [3.05, 3.63) is 99.5 Å². The van der Waals surface area contributed by atoms with E-state index < -0.39 is 56.9 Å². The standard InChI is InChI=1S/C30H32Cl2F3N3O4S/c1-20(2)17-36-29(40)27(15-21-7-5-4-6-8-21)37(18-22-9-11-23(31)12-10-22)28(39)19-38(43(3,41)42)24-13-14-26(32)25(16-24)30(33,34)35/h4-14,16,20,27H,15,17-19H2,1-3H3,(H,36,40)/t27-/m1/s1. The maximum absolute atomic E-state index is 14.0. The number of nitrogens with one attached hydrogen (secondary N) is 1. The summed E-state index contributed by atoms with van der Waals surface area (Å²) in [6, 6.07) is 17.0. The summed E-state index contributed by atoms with van der Waals surface area (Å²) in [5.41, 5.74) is -0.304. The van der Waals surface area contributed by atoms with Crippen molar-refractivity contribution in [1.82, 2.24) is 10.2 Å². The molecule has 2 amide bonds. The third-order valence-corrected chi connectivity index (χ3v) is 8.17. The van der Waals surface area contributed by atoms with Gasteiger partial charge in [-0.15, -0.1) is 0 Å². The zero-order valence-corrected chi connectivity index (χ0v) is 26.1. The van der Waals surface area contributed by atoms with Crippen molar-refractivity contribution >= 4 is 50.7 Å². The highest BCUT2D eigenvalue weighted by atomic mass is 35.5. The molecule has 0 saturated heterocycles. The number of hydrogen-bond donors (Lipinski definition) is 1. The van der Waals surface area contributed by atoms with E-state index in [0.29, 0.717) is 27.5 Å². The van der Waals surface area contributed by atoms with Gasteiger partial charge >= 0.3 is 6.18 Å². The fourth-order valence-corrected chi connectivity index (χ4v) is 5.45. The number of benzene rings is 3. The van der Waals surface area contributed by atoms with Crippen LogP contribution in [0.5, 0.6) is 0 Å². The van der Waals surface area contributed by atoms with Gasteiger partial charge in [0.2, 0.25) is 21.8 Å². The Morgan fingerprint density at radius 3 is 2.12 bits per heavy atom. The average Bonchev–Trinajstić information content (AvgIpc) is 2.93. The van der Waals surface area contributed by atoms with Crippen LogP contribution in [0.15, 0.2) is 72.8 Å². The number of hydrogen-bond acceptors (Lipinski definition) is 4. The number of alkyl halides is 3. The lowest BCUT2D eigenvalue weighted by atomic mass is 10.0. The molecular weight excluding hydrogens is 626 g/mol. The summed E-state index contributed by atoms with van der Waals surface area (Å²) in [6.45, 7) is 3.18. The first kappa shape index (κ1) is 34.2. The highest BCUT2D eigenvalue weighted by Crippen LogP contribution is 2.37. The van der Waals surface area contributed by atoms with Gasteiger partial charge in [-0.1, -0.05) is 79.5 Å². The summed E-state index contributed by atoms with van der Waals surface area (Å²) in [5.74, 6) is -1.16. The van der Waals surface area contributed by atoms with Crippen LogP contribution in [-0.4, -0.2) is 50.5 Å². The molecule has 0 radical (unpaired) electrons. The van der Waals surface area contributed by atoms with Crippen LogP contribution in [0.3, 0.4) is 0 Å². The Bertz CT molecular complexity index is 1520. The first-order valence-corrected chi connectivity index (χ1v) is 15.9. The van der Waals surface area contributed by atoms with Crippen molar-refractivity contribution in [3.8, 4) is 0 Å². The van der Waals surface area contributed by atoms with E-state index in [0.717, 1.165) is 24.0 Å². The van der Waals surface area contributed by atoms with Crippen LogP contribution in [0.4, 0.5) is 18.9 Å². The van der Waals surface area contributed by atoms with Gasteiger partial charge in [0.1, 0.15) is 12.6 Å². The molecule has 0 aromatic heterocycles. The second-order valence-electron chi connectivity index (χ2n) is 10.4. The maximum atomic E-state index is 14.0. The number of halogens is 5. The monoisotopic (exact) mass is 657 g/mol. The van der Waals surface area contributed by atoms with Crippen LogP contribution in [0.25, 0.3) is 0 Å². The number of rotatable bonds is 12. The molecule has 3 aromatic rings. The van der Waals surface area contributed by atoms with Crippen LogP contribution < -0.4 is 9.62 Å². The summed E-state index contributed by atoms with van der Waals surface area (Å²) >= 11 is 11.8. The molecular formula is C30H32Cl2F3N3O4S. The molecule has 232 valence electrons. The summed E-state index contributed by atoms with van der Waals surface area (Å²) in [7, 11) is -4.27. The molecule has 1 N–H and O–H groups in total. The summed E-state index contributed by atoms with van der Waals surface area (Å²) < 4.78 is 67.1. The van der Waals surface area contributed by atoms with Gasteiger partial charge in [-0.25, -0.2) is 8.42 Å². The number of nitrogens with zero attached hydrogens (tertiary/aromatic N) is 2. The lowest BCUT2D eigenvalue weighted by Gasteiger charge is -2.33. The maximum Gasteiger partial charge on any atom is 0.417 e. The average molecular weight is 659 g/mol. The Labute approximate surface area is 259 Å². The normalized spacial score (nSPS) is 12.6. The Kier molecular flexibility index (Phi) is 11.5. The number of carbonyl (C=O) groups excluding carboxylic acids is 2. The fraction of sp³-hybridized carbons (Fsp3) is 0.333. The van der Waals surface area contributed by atoms with E-state index in [9.17, 15) is 31.2 Å². The number of sulfonamides is 1. The Balaban J connectivity index is 2.09. The van der Waals surface area contributed by atoms with E-state index in [4.69, 9.17) is 23.2 Å². The summed E-state index contributed by atoms with van der Waals surface area (Å²) in [4.78, 5) is 28.9. The second-order valence-corrected chi connectivity index (χ2v) is 13.2. The Morgan fingerprint density at radius 2 is 1.56 bits per heavy atom. The quantitative estimate of drug-likeness (QED) is 0.252. The number of carbonyl (C=O) groups is 2. The van der Waals surface area contributed by atoms with E-state index in [-0.39, 0.29) is 18.9 Å². The van der Waals surface area contributed by atoms with E-state index in [1.54, 1.807) is 54.6 Å². The molecule has 3 aromatic carbocycles. The molecule has 0 fully saturated rings. The molecule has 0 aliphatic carbocycles. The van der Waals surface area contributed by atoms with Crippen molar-refractivity contribution < 1.29 is 31.2 Å². The molecule has 0 spiro atoms. The van der Waals surface area contributed by atoms with Crippen molar-refractivity contribution in [1.29, 1.82) is 0 Å². The minimum absolute atomic E-state index is 0.0993. The smallest absolute Gasteiger partial charge is 0.354 e. The summed E-state index contributed by atoms with van der Waals surface area (Å²) in [5, 5.41) is 2.68. The molecule has 0 heterocycles. The molecule has 3 rings (SSSR count). The van der Waals surface area contributed by atoms with Crippen LogP contribution in [0, 0.1) is 5.92 Å². The minimum atomic E-state index is -4.86. The topological polar surface area (TPSA) is 86.8 Å². The van der Waals surface area contributed by atoms with Crippen molar-refractivity contribution in [2.24, 2.45) is 5.92 Å². The van der Waals surface area contributed by atoms with Crippen molar-refractivity contribution in [3.63, 3.8) is 0 Å². The summed E-state index contributed by atoms with van der Waals surface area (Å²) in [6.07, 6.45) is -3.99. The predicted octanol–water partition coefficient (Wildman–Crippen LogP) is 6.19. The van der Waals surface area contributed by atoms with Gasteiger partial charge in [-0.05, 0) is 47.4 Å². The third kappa shape index (κ3) is 9.87. The first-order chi connectivity index (χ1) is 20.1. The van der Waals surface area contributed by atoms with Gasteiger partial charge in [0.25, 0.3) is 0 Å². The number of amides is 2. The lowest BCUT2D eigenvalue weighted by Crippen LogP contribution is -2.53. The Hall–Kier alpha value is -3.28. The largest absolute Gasteiger partial charge is 0.417 e. The molecule has 1 atom stereocenters. The van der Waals surface area contributed by atoms with Crippen LogP contribution in [0.2, 0.25) is 10.0 Å². The van der Waals surface area contributed by atoms with E-state index >= 15 is 0 Å². The van der Waals surface area contributed by atoms with E-state index in [1.807, 2.05) is 13.8 Å². The van der Waals surface area contributed by atoms with Crippen LogP contribution in [0.1, 0.15) is 30.5 Å². The van der Waals surface area contributed by atoms with Crippen molar-refractivity contribution in [2.75, 3.05) is 23.7 Å². The molecule has 7 nitrogen and oxygen atoms in total. The highest BCUT2D eigenvalue weighted by molar-refractivity contribution is 7.92. The lowest BCUT2D eigenvalue weighted by molar-refractivity contribution is -0.140. The minimum Gasteiger partial charge on any atom is -0.354 e. The van der Waals surface area contributed by atoms with Gasteiger partial charge in [0.05, 0.1) is 22.5 Å². The highest BCUT2D eigenvalue weighted by Gasteiger charge is 2.36. The molecule has 0 unspecified atom stereocenters. The fourth-order valence-electron chi connectivity index (χ4n) is 4.26. The predicted molar refractivity (Wildman–Crippen MR) is 162 cm³/mol. The second kappa shape index (κ2) is 14.5. The van der Waals surface area contributed by atoms with E-state index in [2.05, 4.69) is 5.32 Å². The third-order valence-electron chi connectivity index (χ3n) is 6.44. The SMILES string of the molecule is CC(C)CNC(=O)[C@@H](Cc1ccccc1)N(Cc1ccc(Cl)cc1)C(=O)CN(c1ccc(Cl)c(C(F)(F)F)c1)S(C)(=O)=O. The van der Waals surface area contributed by atoms with Gasteiger partial charge < -0.3 is 10.2 Å². The molecule has 0 saturated carbocycles. The number of anilines is 1.